The van der Waals surface area contributed by atoms with Crippen LogP contribution in [-0.4, -0.2) is 37.2 Å². The van der Waals surface area contributed by atoms with E-state index in [0.29, 0.717) is 19.3 Å². The minimum Gasteiger partial charge on any atom is -0.462 e. The van der Waals surface area contributed by atoms with Crippen LogP contribution < -0.4 is 0 Å². The molecular formula is C72H120O6. The van der Waals surface area contributed by atoms with E-state index in [1.54, 1.807) is 0 Å². The Morgan fingerprint density at radius 1 is 0.269 bits per heavy atom. The fourth-order valence-corrected chi connectivity index (χ4v) is 8.85. The average molecular weight is 1080 g/mol. The van der Waals surface area contributed by atoms with Crippen molar-refractivity contribution in [1.82, 2.24) is 0 Å². The first-order chi connectivity index (χ1) is 38.5. The zero-order chi connectivity index (χ0) is 56.4. The van der Waals surface area contributed by atoms with Crippen LogP contribution in [0, 0.1) is 0 Å². The van der Waals surface area contributed by atoms with Crippen molar-refractivity contribution in [3.63, 3.8) is 0 Å². The molecule has 6 nitrogen and oxygen atoms in total. The maximum absolute atomic E-state index is 12.9. The Hall–Kier alpha value is -4.19. The number of ether oxygens (including phenoxy) is 3. The highest BCUT2D eigenvalue weighted by atomic mass is 16.6. The van der Waals surface area contributed by atoms with Crippen LogP contribution in [-0.2, 0) is 28.6 Å². The molecule has 0 aromatic rings. The number of unbranched alkanes of at least 4 members (excludes halogenated alkanes) is 27. The van der Waals surface area contributed by atoms with Gasteiger partial charge < -0.3 is 14.2 Å². The van der Waals surface area contributed by atoms with E-state index in [9.17, 15) is 14.4 Å². The highest BCUT2D eigenvalue weighted by Crippen LogP contribution is 2.16. The van der Waals surface area contributed by atoms with Crippen LogP contribution in [0.2, 0.25) is 0 Å². The summed E-state index contributed by atoms with van der Waals surface area (Å²) in [6.45, 7) is 6.49. The first-order valence-corrected chi connectivity index (χ1v) is 32.5. The quantitative estimate of drug-likeness (QED) is 0.0261. The third-order valence-corrected chi connectivity index (χ3v) is 13.7. The molecule has 0 aromatic heterocycles. The van der Waals surface area contributed by atoms with Crippen molar-refractivity contribution < 1.29 is 28.6 Å². The number of esters is 3. The molecule has 0 saturated carbocycles. The Morgan fingerprint density at radius 3 is 0.846 bits per heavy atom. The lowest BCUT2D eigenvalue weighted by molar-refractivity contribution is -0.167. The SMILES string of the molecule is CC/C=C\C/C=C\C/C=C\C/C=C\C/C=C\C/C=C\C/C=C\C/C=C\C/C=C\CCCC(=O)OCC(COC(=O)CCCCCCC/C=C\CCCCCCCC)OC(=O)CCCCCCCCCCCCCCCCCC. The van der Waals surface area contributed by atoms with Crippen LogP contribution in [0.3, 0.4) is 0 Å². The monoisotopic (exact) mass is 1080 g/mol. The van der Waals surface area contributed by atoms with E-state index in [1.165, 1.54) is 141 Å². The molecule has 1 atom stereocenters. The molecule has 6 heteroatoms. The number of hydrogen-bond donors (Lipinski definition) is 0. The lowest BCUT2D eigenvalue weighted by Gasteiger charge is -2.18. The molecule has 78 heavy (non-hydrogen) atoms. The van der Waals surface area contributed by atoms with Gasteiger partial charge in [0.1, 0.15) is 13.2 Å². The van der Waals surface area contributed by atoms with E-state index in [2.05, 4.69) is 142 Å². The maximum atomic E-state index is 12.9. The summed E-state index contributed by atoms with van der Waals surface area (Å²) in [6, 6.07) is 0. The van der Waals surface area contributed by atoms with Gasteiger partial charge >= 0.3 is 17.9 Å². The van der Waals surface area contributed by atoms with E-state index >= 15 is 0 Å². The van der Waals surface area contributed by atoms with Gasteiger partial charge in [0.25, 0.3) is 0 Å². The summed E-state index contributed by atoms with van der Waals surface area (Å²) >= 11 is 0. The molecule has 0 heterocycles. The van der Waals surface area contributed by atoms with Crippen LogP contribution >= 0.6 is 0 Å². The van der Waals surface area contributed by atoms with Crippen LogP contribution in [0.1, 0.15) is 297 Å². The predicted octanol–water partition coefficient (Wildman–Crippen LogP) is 22.4. The Labute approximate surface area is 482 Å². The lowest BCUT2D eigenvalue weighted by Crippen LogP contribution is -2.30. The lowest BCUT2D eigenvalue weighted by atomic mass is 10.0. The Kier molecular flexibility index (Phi) is 61.8. The van der Waals surface area contributed by atoms with Crippen LogP contribution in [0.4, 0.5) is 0 Å². The van der Waals surface area contributed by atoms with Crippen molar-refractivity contribution in [2.45, 2.75) is 303 Å². The molecule has 0 fully saturated rings. The van der Waals surface area contributed by atoms with Crippen molar-refractivity contribution in [3.05, 3.63) is 122 Å². The number of carbonyl (C=O) groups excluding carboxylic acids is 3. The van der Waals surface area contributed by atoms with Gasteiger partial charge in [-0.15, -0.1) is 0 Å². The molecule has 0 aromatic carbocycles. The van der Waals surface area contributed by atoms with Gasteiger partial charge in [0.05, 0.1) is 0 Å². The molecule has 0 aliphatic rings. The fourth-order valence-electron chi connectivity index (χ4n) is 8.85. The molecule has 0 aliphatic carbocycles. The highest BCUT2D eigenvalue weighted by Gasteiger charge is 2.19. The fraction of sp³-hybridized carbons (Fsp3) is 0.681. The van der Waals surface area contributed by atoms with Gasteiger partial charge in [0.2, 0.25) is 0 Å². The predicted molar refractivity (Wildman–Crippen MR) is 339 cm³/mol. The van der Waals surface area contributed by atoms with Crippen molar-refractivity contribution in [1.29, 1.82) is 0 Å². The third kappa shape index (κ3) is 62.7. The second-order valence-electron chi connectivity index (χ2n) is 21.3. The van der Waals surface area contributed by atoms with Gasteiger partial charge in [-0.25, -0.2) is 0 Å². The number of allylic oxidation sites excluding steroid dienone is 20. The van der Waals surface area contributed by atoms with Crippen molar-refractivity contribution in [2.75, 3.05) is 13.2 Å². The maximum Gasteiger partial charge on any atom is 0.306 e. The van der Waals surface area contributed by atoms with Gasteiger partial charge in [-0.1, -0.05) is 290 Å². The van der Waals surface area contributed by atoms with Crippen LogP contribution in [0.5, 0.6) is 0 Å². The highest BCUT2D eigenvalue weighted by molar-refractivity contribution is 5.71. The first-order valence-electron chi connectivity index (χ1n) is 32.5. The molecule has 0 spiro atoms. The van der Waals surface area contributed by atoms with Crippen molar-refractivity contribution >= 4 is 17.9 Å². The molecule has 444 valence electrons. The summed E-state index contributed by atoms with van der Waals surface area (Å²) in [5, 5.41) is 0. The molecule has 0 rings (SSSR count). The molecular weight excluding hydrogens is 961 g/mol. The van der Waals surface area contributed by atoms with E-state index in [0.717, 1.165) is 109 Å². The van der Waals surface area contributed by atoms with Gasteiger partial charge in [-0.2, -0.15) is 0 Å². The van der Waals surface area contributed by atoms with Crippen molar-refractivity contribution in [2.24, 2.45) is 0 Å². The van der Waals surface area contributed by atoms with E-state index < -0.39 is 6.10 Å². The molecule has 0 N–H and O–H groups in total. The van der Waals surface area contributed by atoms with Crippen LogP contribution in [0.15, 0.2) is 122 Å². The Bertz CT molecular complexity index is 1620. The number of rotatable bonds is 58. The Balaban J connectivity index is 4.44. The topological polar surface area (TPSA) is 78.9 Å². The summed E-state index contributed by atoms with van der Waals surface area (Å²) in [5.74, 6) is -0.962. The minimum absolute atomic E-state index is 0.0998. The summed E-state index contributed by atoms with van der Waals surface area (Å²) in [7, 11) is 0. The number of carbonyl (C=O) groups is 3. The van der Waals surface area contributed by atoms with E-state index in [1.807, 2.05) is 0 Å². The zero-order valence-corrected chi connectivity index (χ0v) is 50.9. The van der Waals surface area contributed by atoms with E-state index in [4.69, 9.17) is 14.2 Å². The largest absolute Gasteiger partial charge is 0.462 e. The summed E-state index contributed by atoms with van der Waals surface area (Å²) in [6.07, 6.45) is 90.7. The molecule has 0 radical (unpaired) electrons. The summed E-state index contributed by atoms with van der Waals surface area (Å²) in [4.78, 5) is 38.3. The van der Waals surface area contributed by atoms with Gasteiger partial charge in [0.15, 0.2) is 6.10 Å². The standard InChI is InChI=1S/C72H120O6/c1-4-7-10-13-16-19-22-25-28-30-31-32-33-34-35-36-37-38-39-40-41-42-45-47-50-53-56-59-62-65-71(74)77-68-69(67-76-70(73)64-61-58-55-52-49-46-43-27-24-21-18-15-12-9-6-3)78-72(75)66-63-60-57-54-51-48-44-29-26-23-20-17-14-11-8-5-2/h7,10,16,19,25,27-28,31-32,34-35,37-38,40-41,43,45,47,53,56,69H,4-6,8-9,11-15,17-18,20-24,26,29-30,33,36,39,42,44,46,48-52,54-55,57-68H2,1-3H3/b10-7-,19-16-,28-25-,32-31-,35-34-,38-37-,41-40-,43-27-,47-45-,56-53-. The first kappa shape index (κ1) is 73.8. The van der Waals surface area contributed by atoms with Gasteiger partial charge in [-0.3, -0.25) is 14.4 Å². The number of hydrogen-bond acceptors (Lipinski definition) is 6. The summed E-state index contributed by atoms with van der Waals surface area (Å²) < 4.78 is 16.9. The van der Waals surface area contributed by atoms with Gasteiger partial charge in [-0.05, 0) is 109 Å². The molecule has 0 saturated heterocycles. The average Bonchev–Trinajstić information content (AvgIpc) is 3.44. The van der Waals surface area contributed by atoms with E-state index in [-0.39, 0.29) is 37.5 Å². The zero-order valence-electron chi connectivity index (χ0n) is 50.9. The molecule has 1 unspecified atom stereocenters. The summed E-state index contributed by atoms with van der Waals surface area (Å²) in [5.41, 5.74) is 0. The normalized spacial score (nSPS) is 12.9. The van der Waals surface area contributed by atoms with Gasteiger partial charge in [0, 0.05) is 19.3 Å². The minimum atomic E-state index is -0.807. The smallest absolute Gasteiger partial charge is 0.306 e. The third-order valence-electron chi connectivity index (χ3n) is 13.7. The second kappa shape index (κ2) is 65.3. The molecule has 0 aliphatic heterocycles. The Morgan fingerprint density at radius 2 is 0.513 bits per heavy atom. The second-order valence-corrected chi connectivity index (χ2v) is 21.3. The van der Waals surface area contributed by atoms with Crippen LogP contribution in [0.25, 0.3) is 0 Å². The molecule has 0 bridgehead atoms. The van der Waals surface area contributed by atoms with Crippen molar-refractivity contribution in [3.8, 4) is 0 Å². The molecule has 0 amide bonds.